The van der Waals surface area contributed by atoms with E-state index in [1.54, 1.807) is 41.5 Å². The van der Waals surface area contributed by atoms with E-state index in [1.165, 1.54) is 0 Å². The first-order chi connectivity index (χ1) is 6.92. The normalized spacial score (nSPS) is 11.2. The Labute approximate surface area is 102 Å². The Bertz CT molecular complexity index is 235. The highest BCUT2D eigenvalue weighted by Gasteiger charge is 2.22. The Balaban J connectivity index is 0. The predicted molar refractivity (Wildman–Crippen MR) is 63.4 cm³/mol. The van der Waals surface area contributed by atoms with E-state index in [-0.39, 0.29) is 12.0 Å². The molecule has 96 valence electrons. The molecule has 5 heteroatoms. The van der Waals surface area contributed by atoms with E-state index in [0.29, 0.717) is 0 Å². The number of carboxylic acid groups (broad SMARTS) is 1. The highest BCUT2D eigenvalue weighted by atomic mass is 35.5. The number of hydrogen-bond acceptors (Lipinski definition) is 3. The van der Waals surface area contributed by atoms with Gasteiger partial charge < -0.3 is 9.84 Å². The summed E-state index contributed by atoms with van der Waals surface area (Å²) in [5.41, 5.74) is -1.02. The molecular weight excluding hydrogens is 232 g/mol. The van der Waals surface area contributed by atoms with Crippen molar-refractivity contribution in [2.75, 3.05) is 6.07 Å². The second-order valence-corrected chi connectivity index (χ2v) is 5.56. The number of rotatable bonds is 1. The maximum Gasteiger partial charge on any atom is 0.312 e. The zero-order chi connectivity index (χ0) is 13.6. The van der Waals surface area contributed by atoms with Crippen molar-refractivity contribution in [1.29, 1.82) is 0 Å². The Kier molecular flexibility index (Phi) is 7.42. The summed E-state index contributed by atoms with van der Waals surface area (Å²) < 4.78 is 4.53. The maximum absolute atomic E-state index is 10.8. The summed E-state index contributed by atoms with van der Waals surface area (Å²) >= 11 is 5.16. The average Bonchev–Trinajstić information content (AvgIpc) is 2.02. The highest BCUT2D eigenvalue weighted by Crippen LogP contribution is 2.14. The van der Waals surface area contributed by atoms with Crippen LogP contribution in [0.2, 0.25) is 0 Å². The van der Waals surface area contributed by atoms with Crippen LogP contribution in [0.1, 0.15) is 41.5 Å². The van der Waals surface area contributed by atoms with Gasteiger partial charge in [-0.1, -0.05) is 11.6 Å². The molecule has 1 N–H and O–H groups in total. The second-order valence-electron chi connectivity index (χ2n) is 5.35. The van der Waals surface area contributed by atoms with Gasteiger partial charge in [0.15, 0.2) is 6.07 Å². The quantitative estimate of drug-likeness (QED) is 0.576. The van der Waals surface area contributed by atoms with Crippen LogP contribution in [0, 0.1) is 10.8 Å². The van der Waals surface area contributed by atoms with E-state index in [0.717, 1.165) is 0 Å². The minimum Gasteiger partial charge on any atom is -0.481 e. The molecule has 0 radical (unpaired) electrons. The molecule has 0 aliphatic rings. The molecule has 0 rings (SSSR count). The van der Waals surface area contributed by atoms with Crippen LogP contribution in [0.25, 0.3) is 0 Å². The van der Waals surface area contributed by atoms with Gasteiger partial charge in [-0.05, 0) is 41.5 Å². The Hall–Kier alpha value is -0.770. The molecule has 0 spiro atoms. The minimum atomic E-state index is -0.757. The lowest BCUT2D eigenvalue weighted by atomic mass is 9.98. The van der Waals surface area contributed by atoms with Crippen LogP contribution in [-0.4, -0.2) is 23.1 Å². The van der Waals surface area contributed by atoms with Crippen molar-refractivity contribution < 1.29 is 19.4 Å². The molecule has 0 saturated carbocycles. The van der Waals surface area contributed by atoms with Crippen LogP contribution in [0.4, 0.5) is 0 Å². The molecule has 0 aromatic rings. The molecule has 0 aliphatic carbocycles. The number of hydrogen-bond donors (Lipinski definition) is 1. The number of halogens is 1. The van der Waals surface area contributed by atoms with Gasteiger partial charge in [0.05, 0.1) is 10.8 Å². The molecule has 0 heterocycles. The predicted octanol–water partition coefficient (Wildman–Crippen LogP) is 2.89. The molecule has 0 fully saturated rings. The van der Waals surface area contributed by atoms with E-state index >= 15 is 0 Å². The molecular formula is C11H21ClO4. The van der Waals surface area contributed by atoms with E-state index in [9.17, 15) is 9.59 Å². The summed E-state index contributed by atoms with van der Waals surface area (Å²) in [7, 11) is 0. The van der Waals surface area contributed by atoms with E-state index in [1.807, 2.05) is 0 Å². The van der Waals surface area contributed by atoms with E-state index in [2.05, 4.69) is 4.74 Å². The number of ether oxygens (including phenoxy) is 1. The molecule has 0 aliphatic heterocycles. The fraction of sp³-hybridized carbons (Fsp3) is 0.818. The lowest BCUT2D eigenvalue weighted by Crippen LogP contribution is -2.22. The number of carbonyl (C=O) groups excluding carboxylic acids is 1. The lowest BCUT2D eigenvalue weighted by Gasteiger charge is -2.14. The van der Waals surface area contributed by atoms with Crippen molar-refractivity contribution in [1.82, 2.24) is 0 Å². The molecule has 0 atom stereocenters. The van der Waals surface area contributed by atoms with Crippen molar-refractivity contribution in [2.45, 2.75) is 41.5 Å². The van der Waals surface area contributed by atoms with Crippen molar-refractivity contribution in [3.63, 3.8) is 0 Å². The van der Waals surface area contributed by atoms with Gasteiger partial charge in [0.2, 0.25) is 0 Å². The number of carbonyl (C=O) groups is 2. The van der Waals surface area contributed by atoms with Crippen molar-refractivity contribution in [2.24, 2.45) is 10.8 Å². The van der Waals surface area contributed by atoms with Crippen LogP contribution in [-0.2, 0) is 14.3 Å². The SMILES string of the molecule is CC(C)(C)C(=O)O.CC(C)(C)C(=O)OCCl. The molecule has 0 amide bonds. The summed E-state index contributed by atoms with van der Waals surface area (Å²) in [6.07, 6.45) is 0. The Morgan fingerprint density at radius 1 is 1.06 bits per heavy atom. The third kappa shape index (κ3) is 9.77. The fourth-order valence-corrected chi connectivity index (χ4v) is 0.365. The van der Waals surface area contributed by atoms with Gasteiger partial charge in [-0.2, -0.15) is 0 Å². The molecule has 16 heavy (non-hydrogen) atoms. The molecule has 0 aromatic carbocycles. The summed E-state index contributed by atoms with van der Waals surface area (Å²) in [6.45, 7) is 10.3. The molecule has 0 unspecified atom stereocenters. The molecule has 0 bridgehead atoms. The van der Waals surface area contributed by atoms with Crippen LogP contribution in [0.3, 0.4) is 0 Å². The van der Waals surface area contributed by atoms with Crippen molar-refractivity contribution in [3.8, 4) is 0 Å². The first-order valence-corrected chi connectivity index (χ1v) is 5.43. The Morgan fingerprint density at radius 2 is 1.38 bits per heavy atom. The van der Waals surface area contributed by atoms with E-state index in [4.69, 9.17) is 16.7 Å². The summed E-state index contributed by atoms with van der Waals surface area (Å²) in [6, 6.07) is -0.0594. The number of carboxylic acids is 1. The minimum absolute atomic E-state index is 0.0594. The van der Waals surface area contributed by atoms with E-state index < -0.39 is 16.8 Å². The third-order valence-electron chi connectivity index (χ3n) is 1.44. The van der Waals surface area contributed by atoms with Crippen LogP contribution >= 0.6 is 11.6 Å². The number of esters is 1. The van der Waals surface area contributed by atoms with Gasteiger partial charge >= 0.3 is 11.9 Å². The average molecular weight is 253 g/mol. The number of aliphatic carboxylic acids is 1. The largest absolute Gasteiger partial charge is 0.481 e. The van der Waals surface area contributed by atoms with Gasteiger partial charge in [-0.15, -0.1) is 0 Å². The first-order valence-electron chi connectivity index (χ1n) is 4.89. The van der Waals surface area contributed by atoms with Crippen molar-refractivity contribution >= 4 is 23.5 Å². The van der Waals surface area contributed by atoms with Gasteiger partial charge in [-0.25, -0.2) is 0 Å². The smallest absolute Gasteiger partial charge is 0.312 e. The molecule has 4 nitrogen and oxygen atoms in total. The molecule has 0 aromatic heterocycles. The van der Waals surface area contributed by atoms with Gasteiger partial charge in [0.25, 0.3) is 0 Å². The van der Waals surface area contributed by atoms with Gasteiger partial charge in [0.1, 0.15) is 0 Å². The molecule has 0 saturated heterocycles. The van der Waals surface area contributed by atoms with Gasteiger partial charge in [0, 0.05) is 0 Å². The lowest BCUT2D eigenvalue weighted by molar-refractivity contribution is -0.150. The summed E-state index contributed by atoms with van der Waals surface area (Å²) in [5, 5.41) is 8.25. The second kappa shape index (κ2) is 6.74. The topological polar surface area (TPSA) is 63.6 Å². The maximum atomic E-state index is 10.8. The van der Waals surface area contributed by atoms with Crippen LogP contribution in [0.15, 0.2) is 0 Å². The zero-order valence-electron chi connectivity index (χ0n) is 10.8. The standard InChI is InChI=1S/C6H11ClO2.C5H10O2/c1-6(2,3)5(8)9-4-7;1-5(2,3)4(6)7/h4H2,1-3H3;1-3H3,(H,6,7). The summed E-state index contributed by atoms with van der Waals surface area (Å²) in [4.78, 5) is 20.8. The zero-order valence-corrected chi connectivity index (χ0v) is 11.5. The Morgan fingerprint density at radius 3 is 1.44 bits per heavy atom. The highest BCUT2D eigenvalue weighted by molar-refractivity contribution is 6.17. The van der Waals surface area contributed by atoms with Gasteiger partial charge in [-0.3, -0.25) is 9.59 Å². The fourth-order valence-electron chi connectivity index (χ4n) is 0.266. The monoisotopic (exact) mass is 252 g/mol. The summed E-state index contributed by atoms with van der Waals surface area (Å²) in [5.74, 6) is -1.02. The number of alkyl halides is 1. The van der Waals surface area contributed by atoms with Crippen LogP contribution < -0.4 is 0 Å². The first kappa shape index (κ1) is 17.6. The van der Waals surface area contributed by atoms with Crippen molar-refractivity contribution in [3.05, 3.63) is 0 Å². The van der Waals surface area contributed by atoms with Crippen LogP contribution in [0.5, 0.6) is 0 Å². The third-order valence-corrected chi connectivity index (χ3v) is 1.55.